The lowest BCUT2D eigenvalue weighted by Crippen LogP contribution is -2.54. The predicted octanol–water partition coefficient (Wildman–Crippen LogP) is 0.704. The van der Waals surface area contributed by atoms with Crippen LogP contribution in [0.1, 0.15) is 37.2 Å². The lowest BCUT2D eigenvalue weighted by molar-refractivity contribution is -0.124. The summed E-state index contributed by atoms with van der Waals surface area (Å²) in [6.07, 6.45) is 3.59. The number of hydrogen-bond donors (Lipinski definition) is 3. The molecule has 120 valence electrons. The molecular formula is C16H24N4O2. The fraction of sp³-hybridized carbons (Fsp3) is 0.562. The second kappa shape index (κ2) is 7.89. The van der Waals surface area contributed by atoms with Gasteiger partial charge in [-0.2, -0.15) is 0 Å². The molecule has 1 aliphatic heterocycles. The molecule has 1 fully saturated rings. The summed E-state index contributed by atoms with van der Waals surface area (Å²) >= 11 is 0. The van der Waals surface area contributed by atoms with Crippen LogP contribution in [0.15, 0.2) is 24.4 Å². The zero-order valence-corrected chi connectivity index (χ0v) is 13.1. The van der Waals surface area contributed by atoms with Gasteiger partial charge in [0.25, 0.3) is 5.91 Å². The summed E-state index contributed by atoms with van der Waals surface area (Å²) in [4.78, 5) is 28.6. The van der Waals surface area contributed by atoms with Crippen LogP contribution in [0, 0.1) is 5.92 Å². The average molecular weight is 304 g/mol. The highest BCUT2D eigenvalue weighted by Gasteiger charge is 2.27. The molecule has 1 aromatic rings. The van der Waals surface area contributed by atoms with Gasteiger partial charge >= 0.3 is 0 Å². The Hall–Kier alpha value is -1.95. The molecule has 0 bridgehead atoms. The molecule has 2 atom stereocenters. The van der Waals surface area contributed by atoms with E-state index in [0.717, 1.165) is 25.9 Å². The van der Waals surface area contributed by atoms with E-state index in [1.54, 1.807) is 24.4 Å². The van der Waals surface area contributed by atoms with Crippen molar-refractivity contribution in [1.82, 2.24) is 20.9 Å². The number of rotatable bonds is 5. The van der Waals surface area contributed by atoms with Gasteiger partial charge in [0.15, 0.2) is 0 Å². The van der Waals surface area contributed by atoms with E-state index in [1.165, 1.54) is 0 Å². The number of carbonyl (C=O) groups is 2. The first kappa shape index (κ1) is 16.4. The molecule has 0 spiro atoms. The molecule has 1 saturated heterocycles. The van der Waals surface area contributed by atoms with Gasteiger partial charge in [0.05, 0.1) is 0 Å². The van der Waals surface area contributed by atoms with Crippen molar-refractivity contribution < 1.29 is 9.59 Å². The molecule has 22 heavy (non-hydrogen) atoms. The summed E-state index contributed by atoms with van der Waals surface area (Å²) in [5.41, 5.74) is 0.320. The Balaban J connectivity index is 1.96. The summed E-state index contributed by atoms with van der Waals surface area (Å²) in [7, 11) is 0. The van der Waals surface area contributed by atoms with Gasteiger partial charge in [-0.15, -0.1) is 0 Å². The Kier molecular flexibility index (Phi) is 5.89. The Morgan fingerprint density at radius 3 is 2.77 bits per heavy atom. The molecule has 0 aromatic carbocycles. The van der Waals surface area contributed by atoms with Gasteiger partial charge in [0.1, 0.15) is 11.7 Å². The summed E-state index contributed by atoms with van der Waals surface area (Å²) < 4.78 is 0. The first-order valence-electron chi connectivity index (χ1n) is 7.81. The van der Waals surface area contributed by atoms with Crippen LogP contribution in [0.4, 0.5) is 0 Å². The first-order chi connectivity index (χ1) is 10.6. The zero-order chi connectivity index (χ0) is 15.9. The normalized spacial score (nSPS) is 19.5. The van der Waals surface area contributed by atoms with Gasteiger partial charge in [-0.05, 0) is 37.4 Å². The minimum atomic E-state index is -0.559. The van der Waals surface area contributed by atoms with E-state index in [1.807, 2.05) is 13.8 Å². The highest BCUT2D eigenvalue weighted by atomic mass is 16.2. The smallest absolute Gasteiger partial charge is 0.270 e. The number of aromatic nitrogens is 1. The number of carbonyl (C=O) groups excluding carboxylic acids is 2. The summed E-state index contributed by atoms with van der Waals surface area (Å²) in [6, 6.07) is 4.71. The largest absolute Gasteiger partial charge is 0.350 e. The highest BCUT2D eigenvalue weighted by molar-refractivity contribution is 5.96. The predicted molar refractivity (Wildman–Crippen MR) is 84.4 cm³/mol. The van der Waals surface area contributed by atoms with Gasteiger partial charge in [-0.1, -0.05) is 19.9 Å². The molecule has 2 amide bonds. The van der Waals surface area contributed by atoms with Crippen LogP contribution in [-0.2, 0) is 4.79 Å². The van der Waals surface area contributed by atoms with Crippen LogP contribution in [0.3, 0.4) is 0 Å². The minimum absolute atomic E-state index is 0.00390. The lowest BCUT2D eigenvalue weighted by atomic mass is 10.0. The molecule has 6 nitrogen and oxygen atoms in total. The van der Waals surface area contributed by atoms with Gasteiger partial charge in [-0.3, -0.25) is 14.6 Å². The summed E-state index contributed by atoms with van der Waals surface area (Å²) in [5, 5.41) is 9.07. The Bertz CT molecular complexity index is 498. The molecule has 0 saturated carbocycles. The molecule has 0 radical (unpaired) electrons. The van der Waals surface area contributed by atoms with Crippen LogP contribution in [-0.4, -0.2) is 42.0 Å². The number of hydrogen-bond acceptors (Lipinski definition) is 4. The average Bonchev–Trinajstić information content (AvgIpc) is 2.53. The van der Waals surface area contributed by atoms with Gasteiger partial charge < -0.3 is 16.0 Å². The molecule has 0 aliphatic carbocycles. The van der Waals surface area contributed by atoms with Crippen molar-refractivity contribution in [2.75, 3.05) is 13.1 Å². The van der Waals surface area contributed by atoms with E-state index >= 15 is 0 Å². The van der Waals surface area contributed by atoms with Crippen LogP contribution < -0.4 is 16.0 Å². The zero-order valence-electron chi connectivity index (χ0n) is 13.1. The second-order valence-electron chi connectivity index (χ2n) is 5.96. The maximum atomic E-state index is 12.4. The van der Waals surface area contributed by atoms with Gasteiger partial charge in [0, 0.05) is 18.8 Å². The van der Waals surface area contributed by atoms with E-state index < -0.39 is 6.04 Å². The number of nitrogens with zero attached hydrogens (tertiary/aromatic N) is 1. The molecule has 2 rings (SSSR count). The van der Waals surface area contributed by atoms with E-state index in [4.69, 9.17) is 0 Å². The van der Waals surface area contributed by atoms with Crippen molar-refractivity contribution in [3.63, 3.8) is 0 Å². The molecule has 2 heterocycles. The SMILES string of the molecule is CC(C)C(NC(=O)c1ccccn1)C(=O)N[C@H]1CCCNC1. The van der Waals surface area contributed by atoms with Crippen LogP contribution in [0.2, 0.25) is 0 Å². The van der Waals surface area contributed by atoms with Crippen molar-refractivity contribution >= 4 is 11.8 Å². The van der Waals surface area contributed by atoms with Crippen molar-refractivity contribution in [2.24, 2.45) is 5.92 Å². The Labute approximate surface area is 131 Å². The van der Waals surface area contributed by atoms with E-state index in [9.17, 15) is 9.59 Å². The van der Waals surface area contributed by atoms with E-state index in [2.05, 4.69) is 20.9 Å². The van der Waals surface area contributed by atoms with Crippen LogP contribution >= 0.6 is 0 Å². The molecule has 3 N–H and O–H groups in total. The van der Waals surface area contributed by atoms with Crippen molar-refractivity contribution in [2.45, 2.75) is 38.8 Å². The van der Waals surface area contributed by atoms with Crippen molar-refractivity contribution in [1.29, 1.82) is 0 Å². The maximum Gasteiger partial charge on any atom is 0.270 e. The highest BCUT2D eigenvalue weighted by Crippen LogP contribution is 2.07. The Morgan fingerprint density at radius 1 is 1.36 bits per heavy atom. The third kappa shape index (κ3) is 4.53. The number of nitrogens with one attached hydrogen (secondary N) is 3. The van der Waals surface area contributed by atoms with Gasteiger partial charge in [0.2, 0.25) is 5.91 Å². The minimum Gasteiger partial charge on any atom is -0.350 e. The fourth-order valence-electron chi connectivity index (χ4n) is 2.51. The third-order valence-electron chi connectivity index (χ3n) is 3.78. The molecule has 1 aromatic heterocycles. The number of pyridine rings is 1. The summed E-state index contributed by atoms with van der Waals surface area (Å²) in [6.45, 7) is 5.62. The maximum absolute atomic E-state index is 12.4. The molecule has 6 heteroatoms. The topological polar surface area (TPSA) is 83.1 Å². The number of piperidine rings is 1. The lowest BCUT2D eigenvalue weighted by Gasteiger charge is -2.28. The van der Waals surface area contributed by atoms with Crippen LogP contribution in [0.5, 0.6) is 0 Å². The number of amides is 2. The fourth-order valence-corrected chi connectivity index (χ4v) is 2.51. The monoisotopic (exact) mass is 304 g/mol. The van der Waals surface area contributed by atoms with Crippen LogP contribution in [0.25, 0.3) is 0 Å². The van der Waals surface area contributed by atoms with Gasteiger partial charge in [-0.25, -0.2) is 0 Å². The molecule has 1 unspecified atom stereocenters. The van der Waals surface area contributed by atoms with E-state index in [-0.39, 0.29) is 23.8 Å². The van der Waals surface area contributed by atoms with Crippen molar-refractivity contribution in [3.05, 3.63) is 30.1 Å². The van der Waals surface area contributed by atoms with E-state index in [0.29, 0.717) is 5.69 Å². The standard InChI is InChI=1S/C16H24N4O2/c1-11(2)14(16(22)19-12-6-5-8-17-10-12)20-15(21)13-7-3-4-9-18-13/h3-4,7,9,11-12,14,17H,5-6,8,10H2,1-2H3,(H,19,22)(H,20,21)/t12-,14?/m0/s1. The summed E-state index contributed by atoms with van der Waals surface area (Å²) in [5.74, 6) is -0.451. The first-order valence-corrected chi connectivity index (χ1v) is 7.81. The Morgan fingerprint density at radius 2 is 2.18 bits per heavy atom. The van der Waals surface area contributed by atoms with Crippen molar-refractivity contribution in [3.8, 4) is 0 Å². The quantitative estimate of drug-likeness (QED) is 0.748. The second-order valence-corrected chi connectivity index (χ2v) is 5.96. The third-order valence-corrected chi connectivity index (χ3v) is 3.78. The molecule has 1 aliphatic rings. The molecular weight excluding hydrogens is 280 g/mol.